The van der Waals surface area contributed by atoms with Crippen LogP contribution < -0.4 is 29.7 Å². The van der Waals surface area contributed by atoms with E-state index in [2.05, 4.69) is 43.9 Å². The maximum atomic E-state index is 15.4. The van der Waals surface area contributed by atoms with Gasteiger partial charge in [-0.3, -0.25) is 4.79 Å². The van der Waals surface area contributed by atoms with Crippen molar-refractivity contribution in [3.63, 3.8) is 0 Å². The quantitative estimate of drug-likeness (QED) is 0.237. The summed E-state index contributed by atoms with van der Waals surface area (Å²) in [5.74, 6) is 0.136. The SMILES string of the molecule is C=CC(=O)Nc1cc(N2CCN(CC)CC2)c(OC)cc1Nc1ncc(/C=C(\F)c2c(Cl)c(OC)cc(OC)c2Cl)cn1. The molecule has 0 bridgehead atoms. The Kier molecular flexibility index (Phi) is 10.7. The van der Waals surface area contributed by atoms with E-state index in [9.17, 15) is 4.79 Å². The second kappa shape index (κ2) is 14.4. The van der Waals surface area contributed by atoms with E-state index in [0.717, 1.165) is 38.4 Å². The molecule has 228 valence electrons. The molecule has 2 heterocycles. The topological polar surface area (TPSA) is 101 Å². The fraction of sp³-hybridized carbons (Fsp3) is 0.300. The normalized spacial score (nSPS) is 13.8. The molecule has 0 spiro atoms. The molecule has 4 rings (SSSR count). The van der Waals surface area contributed by atoms with Crippen LogP contribution in [0, 0.1) is 0 Å². The van der Waals surface area contributed by atoms with Gasteiger partial charge in [0.05, 0.1) is 54.0 Å². The number of anilines is 4. The van der Waals surface area contributed by atoms with Gasteiger partial charge in [0.2, 0.25) is 11.9 Å². The molecule has 1 aliphatic heterocycles. The van der Waals surface area contributed by atoms with Crippen molar-refractivity contribution in [3.8, 4) is 17.2 Å². The largest absolute Gasteiger partial charge is 0.495 e. The number of carbonyl (C=O) groups is 1. The monoisotopic (exact) mass is 630 g/mol. The van der Waals surface area contributed by atoms with Gasteiger partial charge in [0.25, 0.3) is 0 Å². The molecule has 1 fully saturated rings. The number of likely N-dealkylation sites (N-methyl/N-ethyl adjacent to an activating group) is 1. The first-order chi connectivity index (χ1) is 20.7. The number of nitrogens with one attached hydrogen (secondary N) is 2. The number of hydrogen-bond acceptors (Lipinski definition) is 9. The van der Waals surface area contributed by atoms with Gasteiger partial charge in [-0.2, -0.15) is 0 Å². The van der Waals surface area contributed by atoms with Crippen molar-refractivity contribution < 1.29 is 23.4 Å². The van der Waals surface area contributed by atoms with Crippen LogP contribution in [0.25, 0.3) is 11.9 Å². The van der Waals surface area contributed by atoms with Crippen LogP contribution >= 0.6 is 23.2 Å². The number of aromatic nitrogens is 2. The number of piperazine rings is 1. The Bertz CT molecular complexity index is 1480. The minimum absolute atomic E-state index is 0.00000635. The number of halogens is 3. The van der Waals surface area contributed by atoms with Crippen molar-refractivity contribution in [3.05, 3.63) is 64.4 Å². The van der Waals surface area contributed by atoms with Crippen molar-refractivity contribution in [2.45, 2.75) is 6.92 Å². The fourth-order valence-electron chi connectivity index (χ4n) is 4.59. The summed E-state index contributed by atoms with van der Waals surface area (Å²) in [6.07, 6.45) is 5.24. The second-order valence-electron chi connectivity index (χ2n) is 9.43. The summed E-state index contributed by atoms with van der Waals surface area (Å²) in [6.45, 7) is 10.2. The standard InChI is InChI=1S/C30H33Cl2FN6O4/c1-6-26(40)36-20-13-22(39-10-8-38(7-2)9-11-39)23(41-3)14-21(20)37-30-34-16-18(17-35-30)12-19(33)27-28(31)24(42-4)15-25(43-5)29(27)32/h6,12-17H,1,7-11H2,2-5H3,(H,36,40)(H,34,35,37)/b19-12-. The van der Waals surface area contributed by atoms with E-state index in [1.807, 2.05) is 6.07 Å². The number of carbonyl (C=O) groups excluding carboxylic acids is 1. The Morgan fingerprint density at radius 3 is 2.12 bits per heavy atom. The lowest BCUT2D eigenvalue weighted by atomic mass is 10.1. The Labute approximate surface area is 260 Å². The van der Waals surface area contributed by atoms with Gasteiger partial charge in [0.15, 0.2) is 0 Å². The molecular weight excluding hydrogens is 598 g/mol. The molecule has 2 aromatic carbocycles. The zero-order valence-corrected chi connectivity index (χ0v) is 25.9. The van der Waals surface area contributed by atoms with E-state index >= 15 is 4.39 Å². The number of amides is 1. The molecule has 0 aliphatic carbocycles. The van der Waals surface area contributed by atoms with Gasteiger partial charge in [-0.15, -0.1) is 0 Å². The first-order valence-corrected chi connectivity index (χ1v) is 14.2. The molecule has 10 nitrogen and oxygen atoms in total. The molecule has 1 aromatic heterocycles. The molecule has 1 saturated heterocycles. The van der Waals surface area contributed by atoms with E-state index < -0.39 is 5.83 Å². The first kappa shape index (κ1) is 31.9. The fourth-order valence-corrected chi connectivity index (χ4v) is 5.27. The summed E-state index contributed by atoms with van der Waals surface area (Å²) in [7, 11) is 4.41. The smallest absolute Gasteiger partial charge is 0.247 e. The van der Waals surface area contributed by atoms with Crippen LogP contribution in [0.4, 0.5) is 27.4 Å². The zero-order valence-electron chi connectivity index (χ0n) is 24.3. The van der Waals surface area contributed by atoms with Crippen LogP contribution in [0.1, 0.15) is 18.1 Å². The van der Waals surface area contributed by atoms with Crippen LogP contribution in [-0.2, 0) is 4.79 Å². The number of methoxy groups -OCH3 is 3. The minimum atomic E-state index is -0.731. The Hall–Kier alpha value is -4.06. The maximum Gasteiger partial charge on any atom is 0.247 e. The third kappa shape index (κ3) is 7.30. The van der Waals surface area contributed by atoms with Gasteiger partial charge in [-0.1, -0.05) is 36.7 Å². The van der Waals surface area contributed by atoms with Crippen molar-refractivity contribution in [1.29, 1.82) is 0 Å². The number of benzene rings is 2. The van der Waals surface area contributed by atoms with E-state index in [1.54, 1.807) is 13.2 Å². The van der Waals surface area contributed by atoms with Crippen LogP contribution in [0.15, 0.2) is 43.2 Å². The summed E-state index contributed by atoms with van der Waals surface area (Å²) in [4.78, 5) is 25.5. The number of ether oxygens (including phenoxy) is 3. The van der Waals surface area contributed by atoms with Crippen molar-refractivity contribution in [2.75, 3.05) is 69.6 Å². The zero-order chi connectivity index (χ0) is 31.1. The highest BCUT2D eigenvalue weighted by Gasteiger charge is 2.23. The first-order valence-electron chi connectivity index (χ1n) is 13.4. The Morgan fingerprint density at radius 1 is 0.977 bits per heavy atom. The highest BCUT2D eigenvalue weighted by molar-refractivity contribution is 6.39. The summed E-state index contributed by atoms with van der Waals surface area (Å²) in [5.41, 5.74) is 2.11. The number of rotatable bonds is 11. The van der Waals surface area contributed by atoms with E-state index in [-0.39, 0.29) is 39.0 Å². The lowest BCUT2D eigenvalue weighted by molar-refractivity contribution is -0.111. The lowest BCUT2D eigenvalue weighted by Crippen LogP contribution is -2.46. The Balaban J connectivity index is 1.62. The molecule has 0 atom stereocenters. The molecule has 1 aliphatic rings. The van der Waals surface area contributed by atoms with Gasteiger partial charge < -0.3 is 34.6 Å². The average molecular weight is 632 g/mol. The number of nitrogens with zero attached hydrogens (tertiary/aromatic N) is 4. The van der Waals surface area contributed by atoms with Gasteiger partial charge in [-0.25, -0.2) is 14.4 Å². The van der Waals surface area contributed by atoms with E-state index in [4.69, 9.17) is 37.4 Å². The van der Waals surface area contributed by atoms with E-state index in [0.29, 0.717) is 22.7 Å². The van der Waals surface area contributed by atoms with Gasteiger partial charge in [0.1, 0.15) is 23.1 Å². The van der Waals surface area contributed by atoms with Gasteiger partial charge in [0, 0.05) is 56.3 Å². The molecule has 0 saturated carbocycles. The van der Waals surface area contributed by atoms with E-state index in [1.165, 1.54) is 44.8 Å². The summed E-state index contributed by atoms with van der Waals surface area (Å²) < 4.78 is 31.5. The van der Waals surface area contributed by atoms with Crippen molar-refractivity contribution in [1.82, 2.24) is 14.9 Å². The molecule has 13 heteroatoms. The molecular formula is C30H33Cl2FN6O4. The highest BCUT2D eigenvalue weighted by atomic mass is 35.5. The molecule has 3 aromatic rings. The highest BCUT2D eigenvalue weighted by Crippen LogP contribution is 2.44. The van der Waals surface area contributed by atoms with Crippen LogP contribution in [0.3, 0.4) is 0 Å². The predicted octanol–water partition coefficient (Wildman–Crippen LogP) is 6.29. The van der Waals surface area contributed by atoms with Crippen molar-refractivity contribution >= 4 is 64.0 Å². The van der Waals surface area contributed by atoms with Crippen molar-refractivity contribution in [2.24, 2.45) is 0 Å². The third-order valence-corrected chi connectivity index (χ3v) is 7.70. The van der Waals surface area contributed by atoms with Gasteiger partial charge >= 0.3 is 0 Å². The lowest BCUT2D eigenvalue weighted by Gasteiger charge is -2.36. The number of hydrogen-bond donors (Lipinski definition) is 2. The van der Waals surface area contributed by atoms with Gasteiger partial charge in [-0.05, 0) is 24.8 Å². The third-order valence-electron chi connectivity index (χ3n) is 6.95. The molecule has 1 amide bonds. The van der Waals surface area contributed by atoms with Crippen LogP contribution in [0.5, 0.6) is 17.2 Å². The molecule has 2 N–H and O–H groups in total. The van der Waals surface area contributed by atoms with Crippen LogP contribution in [-0.4, -0.2) is 74.8 Å². The van der Waals surface area contributed by atoms with Crippen LogP contribution in [0.2, 0.25) is 10.0 Å². The predicted molar refractivity (Wildman–Crippen MR) is 170 cm³/mol. The average Bonchev–Trinajstić information content (AvgIpc) is 3.02. The maximum absolute atomic E-state index is 15.4. The summed E-state index contributed by atoms with van der Waals surface area (Å²) in [5, 5.41) is 5.96. The second-order valence-corrected chi connectivity index (χ2v) is 10.2. The Morgan fingerprint density at radius 2 is 1.58 bits per heavy atom. The molecule has 0 radical (unpaired) electrons. The summed E-state index contributed by atoms with van der Waals surface area (Å²) in [6, 6.07) is 5.11. The molecule has 0 unspecified atom stereocenters. The summed E-state index contributed by atoms with van der Waals surface area (Å²) >= 11 is 12.7. The minimum Gasteiger partial charge on any atom is -0.495 e. The molecule has 43 heavy (non-hydrogen) atoms.